The standard InChI is InChI=1S/C31H37NO6/c1-5-31(3,4)30(34)38-21-25-13-9-10-22(2)28(25)36-19-18-35-26-16-14-24(15-17-26)27(32)29(33)37-20-23-11-7-6-8-12-23/h6-17,27H,5,18-21,32H2,1-4H3. The summed E-state index contributed by atoms with van der Waals surface area (Å²) < 4.78 is 22.7. The molecule has 0 saturated carbocycles. The molecule has 0 aromatic heterocycles. The van der Waals surface area contributed by atoms with Gasteiger partial charge in [0.25, 0.3) is 0 Å². The molecular formula is C31H37NO6. The van der Waals surface area contributed by atoms with E-state index in [9.17, 15) is 9.59 Å². The highest BCUT2D eigenvalue weighted by molar-refractivity contribution is 5.77. The number of benzene rings is 3. The molecule has 0 spiro atoms. The summed E-state index contributed by atoms with van der Waals surface area (Å²) in [5.41, 5.74) is 8.84. The second kappa shape index (κ2) is 13.6. The molecule has 202 valence electrons. The average molecular weight is 520 g/mol. The predicted molar refractivity (Wildman–Crippen MR) is 146 cm³/mol. The zero-order chi connectivity index (χ0) is 27.5. The van der Waals surface area contributed by atoms with Crippen LogP contribution in [0.15, 0.2) is 72.8 Å². The summed E-state index contributed by atoms with van der Waals surface area (Å²) in [6.07, 6.45) is 0.700. The Morgan fingerprint density at radius 1 is 0.842 bits per heavy atom. The van der Waals surface area contributed by atoms with Crippen molar-refractivity contribution in [1.82, 2.24) is 0 Å². The predicted octanol–water partition coefficient (Wildman–Crippen LogP) is 5.68. The highest BCUT2D eigenvalue weighted by Gasteiger charge is 2.27. The van der Waals surface area contributed by atoms with E-state index in [1.807, 2.05) is 76.2 Å². The van der Waals surface area contributed by atoms with E-state index in [4.69, 9.17) is 24.7 Å². The Kier molecular flexibility index (Phi) is 10.3. The van der Waals surface area contributed by atoms with Gasteiger partial charge in [-0.2, -0.15) is 0 Å². The molecule has 7 nitrogen and oxygen atoms in total. The highest BCUT2D eigenvalue weighted by Crippen LogP contribution is 2.27. The van der Waals surface area contributed by atoms with E-state index in [1.54, 1.807) is 24.3 Å². The Hall–Kier alpha value is -3.84. The minimum atomic E-state index is -0.882. The van der Waals surface area contributed by atoms with Gasteiger partial charge in [-0.05, 0) is 56.0 Å². The van der Waals surface area contributed by atoms with Gasteiger partial charge >= 0.3 is 11.9 Å². The monoisotopic (exact) mass is 519 g/mol. The summed E-state index contributed by atoms with van der Waals surface area (Å²) in [5.74, 6) is 0.591. The lowest BCUT2D eigenvalue weighted by molar-refractivity contribution is -0.155. The normalized spacial score (nSPS) is 11.9. The van der Waals surface area contributed by atoms with E-state index in [-0.39, 0.29) is 19.2 Å². The number of ether oxygens (including phenoxy) is 4. The van der Waals surface area contributed by atoms with Crippen molar-refractivity contribution in [2.45, 2.75) is 53.4 Å². The third kappa shape index (κ3) is 8.08. The first kappa shape index (κ1) is 28.7. The molecular weight excluding hydrogens is 482 g/mol. The molecule has 0 aliphatic carbocycles. The van der Waals surface area contributed by atoms with Crippen LogP contribution in [-0.2, 0) is 32.3 Å². The van der Waals surface area contributed by atoms with Crippen molar-refractivity contribution in [3.05, 3.63) is 95.1 Å². The Morgan fingerprint density at radius 2 is 1.53 bits per heavy atom. The molecule has 3 aromatic rings. The summed E-state index contributed by atoms with van der Waals surface area (Å²) in [7, 11) is 0. The molecule has 38 heavy (non-hydrogen) atoms. The first-order chi connectivity index (χ1) is 18.2. The van der Waals surface area contributed by atoms with Gasteiger partial charge in [0, 0.05) is 5.56 Å². The topological polar surface area (TPSA) is 97.1 Å². The van der Waals surface area contributed by atoms with Crippen LogP contribution in [0.1, 0.15) is 55.5 Å². The number of carbonyl (C=O) groups is 2. The molecule has 0 radical (unpaired) electrons. The van der Waals surface area contributed by atoms with Crippen LogP contribution >= 0.6 is 0 Å². The van der Waals surface area contributed by atoms with E-state index in [0.717, 1.165) is 16.7 Å². The highest BCUT2D eigenvalue weighted by atomic mass is 16.5. The summed E-state index contributed by atoms with van der Waals surface area (Å²) in [4.78, 5) is 24.7. The van der Waals surface area contributed by atoms with Crippen LogP contribution in [0.25, 0.3) is 0 Å². The van der Waals surface area contributed by atoms with Crippen molar-refractivity contribution in [2.24, 2.45) is 11.1 Å². The molecule has 0 aliphatic heterocycles. The fourth-order valence-electron chi connectivity index (χ4n) is 3.55. The van der Waals surface area contributed by atoms with Gasteiger partial charge in [-0.1, -0.05) is 67.6 Å². The number of para-hydroxylation sites is 1. The molecule has 0 fully saturated rings. The van der Waals surface area contributed by atoms with E-state index in [0.29, 0.717) is 36.7 Å². The second-order valence-corrected chi connectivity index (χ2v) is 9.71. The summed E-state index contributed by atoms with van der Waals surface area (Å²) >= 11 is 0. The molecule has 0 bridgehead atoms. The minimum Gasteiger partial charge on any atom is -0.490 e. The fourth-order valence-corrected chi connectivity index (χ4v) is 3.55. The van der Waals surface area contributed by atoms with E-state index in [1.165, 1.54) is 0 Å². The maximum absolute atomic E-state index is 12.4. The quantitative estimate of drug-likeness (QED) is 0.229. The lowest BCUT2D eigenvalue weighted by Crippen LogP contribution is -2.25. The molecule has 3 rings (SSSR count). The molecule has 3 aromatic carbocycles. The van der Waals surface area contributed by atoms with Crippen LogP contribution in [0, 0.1) is 12.3 Å². The van der Waals surface area contributed by atoms with Crippen molar-refractivity contribution < 1.29 is 28.5 Å². The van der Waals surface area contributed by atoms with Gasteiger partial charge in [-0.3, -0.25) is 4.79 Å². The van der Waals surface area contributed by atoms with Crippen LogP contribution in [-0.4, -0.2) is 25.2 Å². The van der Waals surface area contributed by atoms with Gasteiger partial charge in [0.15, 0.2) is 0 Å². The average Bonchev–Trinajstić information content (AvgIpc) is 2.94. The zero-order valence-corrected chi connectivity index (χ0v) is 22.6. The van der Waals surface area contributed by atoms with Crippen LogP contribution in [0.5, 0.6) is 11.5 Å². The molecule has 2 N–H and O–H groups in total. The third-order valence-corrected chi connectivity index (χ3v) is 6.40. The summed E-state index contributed by atoms with van der Waals surface area (Å²) in [5, 5.41) is 0. The van der Waals surface area contributed by atoms with Gasteiger partial charge in [0.2, 0.25) is 0 Å². The van der Waals surface area contributed by atoms with Gasteiger partial charge in [0.1, 0.15) is 44.0 Å². The summed E-state index contributed by atoms with van der Waals surface area (Å²) in [6.45, 7) is 8.60. The van der Waals surface area contributed by atoms with Crippen molar-refractivity contribution in [3.63, 3.8) is 0 Å². The van der Waals surface area contributed by atoms with E-state index < -0.39 is 17.4 Å². The number of hydrogen-bond donors (Lipinski definition) is 1. The number of hydrogen-bond acceptors (Lipinski definition) is 7. The number of esters is 2. The van der Waals surface area contributed by atoms with Gasteiger partial charge in [-0.25, -0.2) is 4.79 Å². The number of aryl methyl sites for hydroxylation is 1. The lowest BCUT2D eigenvalue weighted by Gasteiger charge is -2.21. The number of rotatable bonds is 13. The van der Waals surface area contributed by atoms with Crippen molar-refractivity contribution in [1.29, 1.82) is 0 Å². The Labute approximate surface area is 224 Å². The molecule has 1 unspecified atom stereocenters. The largest absolute Gasteiger partial charge is 0.490 e. The van der Waals surface area contributed by atoms with Gasteiger partial charge in [0.05, 0.1) is 5.41 Å². The third-order valence-electron chi connectivity index (χ3n) is 6.40. The first-order valence-corrected chi connectivity index (χ1v) is 12.8. The first-order valence-electron chi connectivity index (χ1n) is 12.8. The SMILES string of the molecule is CCC(C)(C)C(=O)OCc1cccc(C)c1OCCOc1ccc(C(N)C(=O)OCc2ccccc2)cc1. The molecule has 0 saturated heterocycles. The minimum absolute atomic E-state index is 0.148. The smallest absolute Gasteiger partial charge is 0.327 e. The second-order valence-electron chi connectivity index (χ2n) is 9.71. The van der Waals surface area contributed by atoms with Crippen molar-refractivity contribution in [3.8, 4) is 11.5 Å². The number of nitrogens with two attached hydrogens (primary N) is 1. The van der Waals surface area contributed by atoms with Crippen LogP contribution in [0.4, 0.5) is 0 Å². The zero-order valence-electron chi connectivity index (χ0n) is 22.6. The molecule has 0 aliphatic rings. The van der Waals surface area contributed by atoms with Crippen molar-refractivity contribution in [2.75, 3.05) is 13.2 Å². The fraction of sp³-hybridized carbons (Fsp3) is 0.355. The molecule has 1 atom stereocenters. The van der Waals surface area contributed by atoms with E-state index >= 15 is 0 Å². The lowest BCUT2D eigenvalue weighted by atomic mass is 9.91. The maximum Gasteiger partial charge on any atom is 0.327 e. The van der Waals surface area contributed by atoms with E-state index in [2.05, 4.69) is 0 Å². The molecule has 7 heteroatoms. The Morgan fingerprint density at radius 3 is 2.21 bits per heavy atom. The number of carbonyl (C=O) groups excluding carboxylic acids is 2. The van der Waals surface area contributed by atoms with Gasteiger partial charge < -0.3 is 24.7 Å². The Bertz CT molecular complexity index is 1190. The van der Waals surface area contributed by atoms with Crippen LogP contribution in [0.3, 0.4) is 0 Å². The van der Waals surface area contributed by atoms with Crippen LogP contribution in [0.2, 0.25) is 0 Å². The van der Waals surface area contributed by atoms with Crippen molar-refractivity contribution >= 4 is 11.9 Å². The molecule has 0 heterocycles. The van der Waals surface area contributed by atoms with Crippen LogP contribution < -0.4 is 15.2 Å². The molecule has 0 amide bonds. The maximum atomic E-state index is 12.4. The summed E-state index contributed by atoms with van der Waals surface area (Å²) in [6, 6.07) is 21.3. The Balaban J connectivity index is 1.47. The van der Waals surface area contributed by atoms with Gasteiger partial charge in [-0.15, -0.1) is 0 Å².